The van der Waals surface area contributed by atoms with E-state index in [9.17, 15) is 5.11 Å². The molecule has 8 heteroatoms. The second-order valence-corrected chi connectivity index (χ2v) is 8.57. The number of aliphatic hydroxyl groups excluding tert-OH is 1. The molecule has 166 valence electrons. The minimum Gasteiger partial charge on any atom is -0.486 e. The second-order valence-electron chi connectivity index (χ2n) is 8.57. The van der Waals surface area contributed by atoms with Gasteiger partial charge in [-0.2, -0.15) is 0 Å². The molecule has 32 heavy (non-hydrogen) atoms. The first-order chi connectivity index (χ1) is 15.5. The fourth-order valence-electron chi connectivity index (χ4n) is 4.30. The lowest BCUT2D eigenvalue weighted by Gasteiger charge is -2.24. The molecular formula is C24H28N6O2. The van der Waals surface area contributed by atoms with E-state index in [1.165, 1.54) is 5.56 Å². The van der Waals surface area contributed by atoms with Gasteiger partial charge in [0.25, 0.3) is 0 Å². The molecular weight excluding hydrogens is 404 g/mol. The molecule has 0 bridgehead atoms. The summed E-state index contributed by atoms with van der Waals surface area (Å²) in [6.07, 6.45) is 2.81. The number of ether oxygens (including phenoxy) is 1. The van der Waals surface area contributed by atoms with Crippen LogP contribution in [0.3, 0.4) is 0 Å². The predicted octanol–water partition coefficient (Wildman–Crippen LogP) is 2.80. The van der Waals surface area contributed by atoms with Crippen molar-refractivity contribution in [1.29, 1.82) is 0 Å². The first-order valence-corrected chi connectivity index (χ1v) is 11.1. The molecule has 8 nitrogen and oxygen atoms in total. The van der Waals surface area contributed by atoms with Gasteiger partial charge in [-0.05, 0) is 44.0 Å². The van der Waals surface area contributed by atoms with E-state index in [-0.39, 0.29) is 24.8 Å². The Morgan fingerprint density at radius 3 is 2.81 bits per heavy atom. The van der Waals surface area contributed by atoms with Crippen molar-refractivity contribution in [2.24, 2.45) is 5.73 Å². The lowest BCUT2D eigenvalue weighted by atomic mass is 10.1. The molecule has 0 aliphatic carbocycles. The van der Waals surface area contributed by atoms with Crippen molar-refractivity contribution in [3.63, 3.8) is 0 Å². The third kappa shape index (κ3) is 3.81. The molecule has 0 unspecified atom stereocenters. The average Bonchev–Trinajstić information content (AvgIpc) is 3.44. The quantitative estimate of drug-likeness (QED) is 0.483. The van der Waals surface area contributed by atoms with Crippen LogP contribution in [0.25, 0.3) is 28.1 Å². The second kappa shape index (κ2) is 8.46. The number of aromatic nitrogens is 4. The first kappa shape index (κ1) is 20.8. The summed E-state index contributed by atoms with van der Waals surface area (Å²) in [6.45, 7) is 5.90. The van der Waals surface area contributed by atoms with Crippen LogP contribution in [0.1, 0.15) is 31.9 Å². The van der Waals surface area contributed by atoms with Gasteiger partial charge in [-0.1, -0.05) is 24.3 Å². The van der Waals surface area contributed by atoms with E-state index in [4.69, 9.17) is 15.5 Å². The Labute approximate surface area is 186 Å². The Kier molecular flexibility index (Phi) is 5.50. The van der Waals surface area contributed by atoms with Crippen molar-refractivity contribution < 1.29 is 9.84 Å². The van der Waals surface area contributed by atoms with Gasteiger partial charge in [0.15, 0.2) is 11.5 Å². The van der Waals surface area contributed by atoms with Gasteiger partial charge in [-0.15, -0.1) is 10.2 Å². The summed E-state index contributed by atoms with van der Waals surface area (Å²) < 4.78 is 7.88. The fraction of sp³-hybridized carbons (Fsp3) is 0.375. The van der Waals surface area contributed by atoms with Gasteiger partial charge in [-0.3, -0.25) is 9.30 Å². The molecule has 3 N–H and O–H groups in total. The van der Waals surface area contributed by atoms with Crippen LogP contribution in [0.4, 0.5) is 0 Å². The number of hydrogen-bond donors (Lipinski definition) is 2. The van der Waals surface area contributed by atoms with E-state index >= 15 is 0 Å². The standard InChI is InChI=1S/C24H28N6O2/c1-15(14-31)32-21-5-3-4-17-6-8-20(26-23(17)21)24-28-27-22-9-7-18(12-30(22)24)16(2)29-11-10-19(25)13-29/h3-9,12,15-16,19,31H,10-11,13-14,25H2,1-2H3/t15-,16+,19+/m1/s1. The van der Waals surface area contributed by atoms with Crippen LogP contribution < -0.4 is 10.5 Å². The summed E-state index contributed by atoms with van der Waals surface area (Å²) in [4.78, 5) is 7.27. The average molecular weight is 433 g/mol. The normalized spacial score (nSPS) is 18.9. The maximum atomic E-state index is 9.38. The molecule has 0 amide bonds. The zero-order chi connectivity index (χ0) is 22.2. The number of nitrogens with zero attached hydrogens (tertiary/aromatic N) is 5. The van der Waals surface area contributed by atoms with Crippen molar-refractivity contribution in [2.75, 3.05) is 19.7 Å². The number of benzene rings is 1. The van der Waals surface area contributed by atoms with Gasteiger partial charge >= 0.3 is 0 Å². The highest BCUT2D eigenvalue weighted by Gasteiger charge is 2.25. The predicted molar refractivity (Wildman–Crippen MR) is 123 cm³/mol. The van der Waals surface area contributed by atoms with Crippen molar-refractivity contribution in [2.45, 2.75) is 38.5 Å². The maximum absolute atomic E-state index is 9.38. The van der Waals surface area contributed by atoms with Crippen molar-refractivity contribution in [1.82, 2.24) is 24.5 Å². The van der Waals surface area contributed by atoms with Gasteiger partial charge < -0.3 is 15.6 Å². The van der Waals surface area contributed by atoms with Crippen molar-refractivity contribution in [3.05, 3.63) is 54.2 Å². The highest BCUT2D eigenvalue weighted by atomic mass is 16.5. The number of hydrogen-bond acceptors (Lipinski definition) is 7. The molecule has 3 atom stereocenters. The van der Waals surface area contributed by atoms with Gasteiger partial charge in [0.1, 0.15) is 23.1 Å². The summed E-state index contributed by atoms with van der Waals surface area (Å²) in [6, 6.07) is 14.4. The Morgan fingerprint density at radius 2 is 2.03 bits per heavy atom. The minimum atomic E-state index is -0.317. The first-order valence-electron chi connectivity index (χ1n) is 11.1. The van der Waals surface area contributed by atoms with Crippen LogP contribution in [0, 0.1) is 0 Å². The van der Waals surface area contributed by atoms with Gasteiger partial charge in [0, 0.05) is 36.8 Å². The Hall–Kier alpha value is -3.07. The fourth-order valence-corrected chi connectivity index (χ4v) is 4.30. The molecule has 5 rings (SSSR count). The summed E-state index contributed by atoms with van der Waals surface area (Å²) >= 11 is 0. The molecule has 1 aliphatic rings. The maximum Gasteiger partial charge on any atom is 0.187 e. The zero-order valence-corrected chi connectivity index (χ0v) is 18.3. The van der Waals surface area contributed by atoms with Gasteiger partial charge in [0.05, 0.1) is 6.61 Å². The lowest BCUT2D eigenvalue weighted by Crippen LogP contribution is -2.28. The third-order valence-electron chi connectivity index (χ3n) is 6.21. The van der Waals surface area contributed by atoms with Crippen LogP contribution in [-0.4, -0.2) is 61.4 Å². The Bertz CT molecular complexity index is 1260. The number of fused-ring (bicyclic) bond motifs is 2. The molecule has 1 fully saturated rings. The van der Waals surface area contributed by atoms with E-state index in [0.29, 0.717) is 17.3 Å². The van der Waals surface area contributed by atoms with Crippen LogP contribution in [0.5, 0.6) is 5.75 Å². The summed E-state index contributed by atoms with van der Waals surface area (Å²) in [5.74, 6) is 1.32. The van der Waals surface area contributed by atoms with E-state index < -0.39 is 0 Å². The summed E-state index contributed by atoms with van der Waals surface area (Å²) in [5.41, 5.74) is 9.52. The number of aliphatic hydroxyl groups is 1. The topological polar surface area (TPSA) is 102 Å². The monoisotopic (exact) mass is 432 g/mol. The van der Waals surface area contributed by atoms with Crippen molar-refractivity contribution in [3.8, 4) is 17.3 Å². The molecule has 4 aromatic rings. The number of para-hydroxylation sites is 1. The zero-order valence-electron chi connectivity index (χ0n) is 18.3. The van der Waals surface area contributed by atoms with E-state index in [0.717, 1.165) is 36.1 Å². The van der Waals surface area contributed by atoms with Crippen molar-refractivity contribution >= 4 is 16.6 Å². The van der Waals surface area contributed by atoms with E-state index in [2.05, 4.69) is 34.3 Å². The summed E-state index contributed by atoms with van der Waals surface area (Å²) in [5, 5.41) is 19.1. The Balaban J connectivity index is 1.54. The Morgan fingerprint density at radius 1 is 1.16 bits per heavy atom. The van der Waals surface area contributed by atoms with Gasteiger partial charge in [-0.25, -0.2) is 4.98 Å². The minimum absolute atomic E-state index is 0.0617. The molecule has 1 saturated heterocycles. The van der Waals surface area contributed by atoms with Gasteiger partial charge in [0.2, 0.25) is 0 Å². The van der Waals surface area contributed by atoms with Crippen LogP contribution in [0.2, 0.25) is 0 Å². The smallest absolute Gasteiger partial charge is 0.187 e. The van der Waals surface area contributed by atoms with E-state index in [1.54, 1.807) is 0 Å². The third-order valence-corrected chi connectivity index (χ3v) is 6.21. The van der Waals surface area contributed by atoms with E-state index in [1.807, 2.05) is 47.7 Å². The molecule has 0 radical (unpaired) electrons. The summed E-state index contributed by atoms with van der Waals surface area (Å²) in [7, 11) is 0. The molecule has 4 heterocycles. The number of nitrogens with two attached hydrogens (primary N) is 1. The highest BCUT2D eigenvalue weighted by Crippen LogP contribution is 2.29. The number of pyridine rings is 2. The van der Waals surface area contributed by atoms with Crippen LogP contribution in [-0.2, 0) is 0 Å². The lowest BCUT2D eigenvalue weighted by molar-refractivity contribution is 0.131. The number of likely N-dealkylation sites (tertiary alicyclic amines) is 1. The SMILES string of the molecule is C[C@H](CO)Oc1cccc2ccc(-c3nnc4ccc([C@H](C)N5CC[C@H](N)C5)cn34)nc12. The highest BCUT2D eigenvalue weighted by molar-refractivity contribution is 5.86. The van der Waals surface area contributed by atoms with Crippen LogP contribution in [0.15, 0.2) is 48.7 Å². The van der Waals surface area contributed by atoms with Crippen LogP contribution >= 0.6 is 0 Å². The molecule has 1 aliphatic heterocycles. The number of rotatable bonds is 6. The molecule has 3 aromatic heterocycles. The molecule has 0 spiro atoms. The largest absolute Gasteiger partial charge is 0.486 e. The molecule has 0 saturated carbocycles. The molecule has 1 aromatic carbocycles.